The van der Waals surface area contributed by atoms with Gasteiger partial charge in [-0.05, 0) is 0 Å². The summed E-state index contributed by atoms with van der Waals surface area (Å²) in [6, 6.07) is 3.10. The van der Waals surface area contributed by atoms with Crippen LogP contribution in [0.25, 0.3) is 0 Å². The third kappa shape index (κ3) is 4.08. The van der Waals surface area contributed by atoms with E-state index >= 15 is 0 Å². The summed E-state index contributed by atoms with van der Waals surface area (Å²) >= 11 is 0. The van der Waals surface area contributed by atoms with E-state index in [4.69, 9.17) is 11.0 Å². The fourth-order valence-electron chi connectivity index (χ4n) is 1.48. The van der Waals surface area contributed by atoms with Gasteiger partial charge in [0.15, 0.2) is 0 Å². The van der Waals surface area contributed by atoms with Crippen LogP contribution in [0.5, 0.6) is 0 Å². The second-order valence-electron chi connectivity index (χ2n) is 3.76. The second-order valence-corrected chi connectivity index (χ2v) is 3.76. The molecule has 8 heteroatoms. The molecule has 0 aliphatic carbocycles. The first-order valence-corrected chi connectivity index (χ1v) is 5.74. The lowest BCUT2D eigenvalue weighted by Crippen LogP contribution is -2.42. The van der Waals surface area contributed by atoms with Crippen molar-refractivity contribution in [3.8, 4) is 6.07 Å². The maximum Gasteiger partial charge on any atom is 0.331 e. The number of nitrogens with one attached hydrogen (secondary N) is 1. The highest BCUT2D eigenvalue weighted by Gasteiger charge is 2.07. The van der Waals surface area contributed by atoms with Gasteiger partial charge in [-0.15, -0.1) is 0 Å². The lowest BCUT2D eigenvalue weighted by Gasteiger charge is -2.08. The minimum atomic E-state index is -0.576. The van der Waals surface area contributed by atoms with Crippen molar-refractivity contribution in [3.63, 3.8) is 0 Å². The zero-order valence-electron chi connectivity index (χ0n) is 10.3. The smallest absolute Gasteiger partial charge is 0.331 e. The molecule has 8 nitrogen and oxygen atoms in total. The van der Waals surface area contributed by atoms with Crippen molar-refractivity contribution in [2.75, 3.05) is 13.1 Å². The van der Waals surface area contributed by atoms with Crippen LogP contribution < -0.4 is 22.3 Å². The second kappa shape index (κ2) is 7.13. The average Bonchev–Trinajstić information content (AvgIpc) is 2.38. The molecule has 0 fully saturated rings. The summed E-state index contributed by atoms with van der Waals surface area (Å²) < 4.78 is 2.10. The number of carbonyl (C=O) groups is 1. The van der Waals surface area contributed by atoms with E-state index in [9.17, 15) is 14.4 Å². The minimum Gasteiger partial charge on any atom is -0.354 e. The number of nitrogens with two attached hydrogens (primary N) is 1. The first kappa shape index (κ1) is 14.7. The van der Waals surface area contributed by atoms with E-state index in [2.05, 4.69) is 5.32 Å². The largest absolute Gasteiger partial charge is 0.354 e. The van der Waals surface area contributed by atoms with E-state index in [1.54, 1.807) is 0 Å². The van der Waals surface area contributed by atoms with Crippen LogP contribution in [0.4, 0.5) is 0 Å². The van der Waals surface area contributed by atoms with Gasteiger partial charge in [0.2, 0.25) is 5.91 Å². The highest BCUT2D eigenvalue weighted by atomic mass is 16.2. The minimum absolute atomic E-state index is 0.106. The summed E-state index contributed by atoms with van der Waals surface area (Å²) in [7, 11) is 0. The van der Waals surface area contributed by atoms with Gasteiger partial charge in [-0.1, -0.05) is 0 Å². The average molecular weight is 265 g/mol. The lowest BCUT2D eigenvalue weighted by molar-refractivity contribution is -0.121. The molecule has 0 saturated carbocycles. The third-order valence-corrected chi connectivity index (χ3v) is 2.37. The van der Waals surface area contributed by atoms with Crippen LogP contribution >= 0.6 is 0 Å². The predicted molar refractivity (Wildman–Crippen MR) is 67.3 cm³/mol. The lowest BCUT2D eigenvalue weighted by atomic mass is 10.4. The topological polar surface area (TPSA) is 123 Å². The normalized spacial score (nSPS) is 9.89. The molecule has 1 amide bonds. The Kier molecular flexibility index (Phi) is 5.50. The molecule has 19 heavy (non-hydrogen) atoms. The van der Waals surface area contributed by atoms with Crippen molar-refractivity contribution < 1.29 is 4.79 Å². The number of hydrogen-bond acceptors (Lipinski definition) is 5. The van der Waals surface area contributed by atoms with E-state index in [1.165, 1.54) is 12.3 Å². The molecule has 1 aromatic heterocycles. The van der Waals surface area contributed by atoms with Gasteiger partial charge in [0.05, 0.1) is 12.5 Å². The highest BCUT2D eigenvalue weighted by Crippen LogP contribution is 1.81. The molecule has 0 radical (unpaired) electrons. The van der Waals surface area contributed by atoms with Crippen molar-refractivity contribution in [1.82, 2.24) is 14.5 Å². The van der Waals surface area contributed by atoms with Crippen LogP contribution in [0.1, 0.15) is 6.42 Å². The quantitative estimate of drug-likeness (QED) is 0.576. The standard InChI is InChI=1S/C11H15N5O3/c12-3-1-5-14-9(17)8-15-6-2-10(18)16(7-4-13)11(15)19/h2,6H,1,4-5,7-8,13H2,(H,14,17). The van der Waals surface area contributed by atoms with Gasteiger partial charge in [0, 0.05) is 31.9 Å². The molecule has 0 aliphatic heterocycles. The Morgan fingerprint density at radius 3 is 2.84 bits per heavy atom. The Morgan fingerprint density at radius 1 is 1.47 bits per heavy atom. The van der Waals surface area contributed by atoms with Gasteiger partial charge in [-0.2, -0.15) is 5.26 Å². The Morgan fingerprint density at radius 2 is 2.21 bits per heavy atom. The number of nitrogens with zero attached hydrogens (tertiary/aromatic N) is 3. The number of rotatable bonds is 6. The maximum absolute atomic E-state index is 11.9. The van der Waals surface area contributed by atoms with Crippen molar-refractivity contribution in [2.24, 2.45) is 5.73 Å². The van der Waals surface area contributed by atoms with Crippen LogP contribution in [0.2, 0.25) is 0 Å². The Bertz CT molecular complexity index is 596. The molecule has 1 rings (SSSR count). The molecule has 0 unspecified atom stereocenters. The first-order chi connectivity index (χ1) is 9.10. The van der Waals surface area contributed by atoms with Gasteiger partial charge < -0.3 is 11.1 Å². The predicted octanol–water partition coefficient (Wildman–Crippen LogP) is -2.00. The van der Waals surface area contributed by atoms with Crippen LogP contribution in [0.15, 0.2) is 21.9 Å². The molecule has 0 saturated heterocycles. The summed E-state index contributed by atoms with van der Waals surface area (Å²) in [6.07, 6.45) is 1.47. The molecule has 0 aliphatic rings. The van der Waals surface area contributed by atoms with E-state index in [0.717, 1.165) is 9.13 Å². The van der Waals surface area contributed by atoms with Gasteiger partial charge in [-0.25, -0.2) is 4.79 Å². The molecular formula is C11H15N5O3. The maximum atomic E-state index is 11.9. The zero-order valence-corrected chi connectivity index (χ0v) is 10.3. The first-order valence-electron chi connectivity index (χ1n) is 5.74. The fourth-order valence-corrected chi connectivity index (χ4v) is 1.48. The van der Waals surface area contributed by atoms with E-state index in [-0.39, 0.29) is 32.6 Å². The van der Waals surface area contributed by atoms with E-state index < -0.39 is 17.2 Å². The molecule has 102 valence electrons. The third-order valence-electron chi connectivity index (χ3n) is 2.37. The number of carbonyl (C=O) groups excluding carboxylic acids is 1. The molecule has 1 aromatic rings. The molecule has 0 atom stereocenters. The SMILES string of the molecule is N#CCCNC(=O)Cn1ccc(=O)n(CCN)c1=O. The molecule has 0 bridgehead atoms. The monoisotopic (exact) mass is 265 g/mol. The van der Waals surface area contributed by atoms with Crippen LogP contribution in [-0.2, 0) is 17.9 Å². The number of nitriles is 1. The Hall–Kier alpha value is -2.40. The van der Waals surface area contributed by atoms with Gasteiger partial charge in [0.1, 0.15) is 6.54 Å². The molecular weight excluding hydrogens is 250 g/mol. The Balaban J connectivity index is 2.83. The molecule has 0 spiro atoms. The van der Waals surface area contributed by atoms with Crippen molar-refractivity contribution in [1.29, 1.82) is 5.26 Å². The summed E-state index contributed by atoms with van der Waals surface area (Å²) in [6.45, 7) is 0.295. The fraction of sp³-hybridized carbons (Fsp3) is 0.455. The summed E-state index contributed by atoms with van der Waals surface area (Å²) in [5.74, 6) is -0.393. The summed E-state index contributed by atoms with van der Waals surface area (Å²) in [4.78, 5) is 34.8. The molecule has 3 N–H and O–H groups in total. The van der Waals surface area contributed by atoms with Gasteiger partial charge >= 0.3 is 5.69 Å². The number of aromatic nitrogens is 2. The van der Waals surface area contributed by atoms with Crippen LogP contribution in [0, 0.1) is 11.3 Å². The van der Waals surface area contributed by atoms with Gasteiger partial charge in [0.25, 0.3) is 5.56 Å². The molecule has 0 aromatic carbocycles. The van der Waals surface area contributed by atoms with Crippen LogP contribution in [0.3, 0.4) is 0 Å². The van der Waals surface area contributed by atoms with E-state index in [1.807, 2.05) is 6.07 Å². The van der Waals surface area contributed by atoms with Crippen molar-refractivity contribution >= 4 is 5.91 Å². The molecule has 1 heterocycles. The van der Waals surface area contributed by atoms with Crippen molar-refractivity contribution in [3.05, 3.63) is 33.1 Å². The summed E-state index contributed by atoms with van der Waals surface area (Å²) in [5, 5.41) is 10.8. The summed E-state index contributed by atoms with van der Waals surface area (Å²) in [5.41, 5.74) is 4.29. The van der Waals surface area contributed by atoms with Crippen molar-refractivity contribution in [2.45, 2.75) is 19.5 Å². The highest BCUT2D eigenvalue weighted by molar-refractivity contribution is 5.75. The number of amides is 1. The van der Waals surface area contributed by atoms with E-state index in [0.29, 0.717) is 0 Å². The number of hydrogen-bond donors (Lipinski definition) is 2. The zero-order chi connectivity index (χ0) is 14.3. The van der Waals surface area contributed by atoms with Crippen LogP contribution in [-0.4, -0.2) is 28.1 Å². The Labute approximate surface area is 109 Å². The van der Waals surface area contributed by atoms with Gasteiger partial charge in [-0.3, -0.25) is 18.7 Å².